The van der Waals surface area contributed by atoms with Gasteiger partial charge in [0.25, 0.3) is 0 Å². The van der Waals surface area contributed by atoms with E-state index in [-0.39, 0.29) is 38.4 Å². The fourth-order valence-electron chi connectivity index (χ4n) is 9.55. The second-order valence-electron chi connectivity index (χ2n) is 13.2. The van der Waals surface area contributed by atoms with Gasteiger partial charge in [0.1, 0.15) is 0 Å². The molecule has 0 spiro atoms. The van der Waals surface area contributed by atoms with Gasteiger partial charge in [0.2, 0.25) is 0 Å². The molecule has 4 aromatic carbocycles. The zero-order valence-electron chi connectivity index (χ0n) is 23.6. The Labute approximate surface area is 249 Å². The first-order chi connectivity index (χ1) is 20.6. The van der Waals surface area contributed by atoms with Crippen molar-refractivity contribution < 1.29 is 29.7 Å². The molecule has 4 aliphatic carbocycles. The lowest BCUT2D eigenvalue weighted by atomic mass is 9.32. The monoisotopic (exact) mass is 572 g/mol. The average molecular weight is 573 g/mol. The summed E-state index contributed by atoms with van der Waals surface area (Å²) in [6, 6.07) is 32.8. The molecule has 0 aliphatic heterocycles. The van der Waals surface area contributed by atoms with E-state index in [1.807, 2.05) is 42.5 Å². The molecule has 8 rings (SSSR count). The van der Waals surface area contributed by atoms with E-state index in [4.69, 9.17) is 0 Å². The number of carboxylic acids is 3. The van der Waals surface area contributed by atoms with Gasteiger partial charge in [0.15, 0.2) is 0 Å². The predicted molar refractivity (Wildman–Crippen MR) is 161 cm³/mol. The molecule has 0 unspecified atom stereocenters. The van der Waals surface area contributed by atoms with Gasteiger partial charge in [-0.05, 0) is 119 Å². The molecule has 0 amide bonds. The summed E-state index contributed by atoms with van der Waals surface area (Å²) < 4.78 is 0. The van der Waals surface area contributed by atoms with Crippen LogP contribution in [0.1, 0.15) is 91.9 Å². The van der Waals surface area contributed by atoms with Crippen molar-refractivity contribution in [2.75, 3.05) is 0 Å². The minimum Gasteiger partial charge on any atom is -0.478 e. The van der Waals surface area contributed by atoms with Gasteiger partial charge < -0.3 is 15.3 Å². The topological polar surface area (TPSA) is 112 Å². The lowest BCUT2D eigenvalue weighted by Crippen LogP contribution is -2.67. The summed E-state index contributed by atoms with van der Waals surface area (Å²) in [5.74, 6) is -2.87. The first-order valence-electron chi connectivity index (χ1n) is 14.7. The molecular formula is C37H32O6. The standard InChI is InChI=1S/C37H32O6/c38-31(39)24-6-12-28(13-7-24)35-18-34(27-4-2-1-3-5-27)19-36(21-35,29-14-8-25(9-15-29)32(40)41)23-37(20-34,22-35)30-16-10-26(11-17-30)33(42)43/h1-17H,18-23H2,(H,38,39)(H,40,41)(H,42,43). The summed E-state index contributed by atoms with van der Waals surface area (Å²) in [6.07, 6.45) is 5.34. The first-order valence-corrected chi connectivity index (χ1v) is 14.7. The molecule has 4 aliphatic rings. The van der Waals surface area contributed by atoms with Gasteiger partial charge in [0.05, 0.1) is 16.7 Å². The van der Waals surface area contributed by atoms with E-state index >= 15 is 0 Å². The number of aromatic carboxylic acids is 3. The highest BCUT2D eigenvalue weighted by Gasteiger charge is 2.69. The lowest BCUT2D eigenvalue weighted by molar-refractivity contribution is -0.0692. The molecule has 4 aromatic rings. The van der Waals surface area contributed by atoms with Gasteiger partial charge in [-0.25, -0.2) is 14.4 Å². The van der Waals surface area contributed by atoms with E-state index < -0.39 is 17.9 Å². The van der Waals surface area contributed by atoms with Gasteiger partial charge in [-0.1, -0.05) is 66.7 Å². The quantitative estimate of drug-likeness (QED) is 0.216. The molecule has 216 valence electrons. The normalized spacial score (nSPS) is 28.8. The van der Waals surface area contributed by atoms with Gasteiger partial charge in [-0.2, -0.15) is 0 Å². The van der Waals surface area contributed by atoms with Crippen molar-refractivity contribution in [1.82, 2.24) is 0 Å². The van der Waals surface area contributed by atoms with Crippen LogP contribution in [0.3, 0.4) is 0 Å². The van der Waals surface area contributed by atoms with E-state index in [9.17, 15) is 29.7 Å². The summed E-state index contributed by atoms with van der Waals surface area (Å²) in [7, 11) is 0. The molecule has 3 N–H and O–H groups in total. The van der Waals surface area contributed by atoms with E-state index in [1.165, 1.54) is 5.56 Å². The Hall–Kier alpha value is -4.71. The maximum atomic E-state index is 11.7. The van der Waals surface area contributed by atoms with Crippen LogP contribution in [0.2, 0.25) is 0 Å². The van der Waals surface area contributed by atoms with Crippen molar-refractivity contribution in [2.45, 2.75) is 60.2 Å². The van der Waals surface area contributed by atoms with Crippen molar-refractivity contribution in [3.05, 3.63) is 142 Å². The van der Waals surface area contributed by atoms with Crippen LogP contribution in [-0.2, 0) is 21.7 Å². The molecule has 0 saturated heterocycles. The van der Waals surface area contributed by atoms with Crippen molar-refractivity contribution in [3.8, 4) is 0 Å². The zero-order chi connectivity index (χ0) is 30.0. The van der Waals surface area contributed by atoms with E-state index in [2.05, 4.69) is 24.3 Å². The van der Waals surface area contributed by atoms with Crippen molar-refractivity contribution in [1.29, 1.82) is 0 Å². The molecule has 0 atom stereocenters. The molecule has 4 saturated carbocycles. The fraction of sp³-hybridized carbons (Fsp3) is 0.270. The molecule has 4 bridgehead atoms. The minimum absolute atomic E-state index is 0.196. The Morgan fingerprint density at radius 3 is 0.837 bits per heavy atom. The van der Waals surface area contributed by atoms with E-state index in [0.717, 1.165) is 55.2 Å². The Morgan fingerprint density at radius 1 is 0.372 bits per heavy atom. The number of carboxylic acid groups (broad SMARTS) is 3. The molecule has 0 radical (unpaired) electrons. The smallest absolute Gasteiger partial charge is 0.335 e. The number of hydrogen-bond donors (Lipinski definition) is 3. The number of rotatable bonds is 7. The van der Waals surface area contributed by atoms with Gasteiger partial charge in [-0.3, -0.25) is 0 Å². The summed E-state index contributed by atoms with van der Waals surface area (Å²) in [4.78, 5) is 35.2. The summed E-state index contributed by atoms with van der Waals surface area (Å²) in [5, 5.41) is 28.9. The highest BCUT2D eigenvalue weighted by molar-refractivity contribution is 5.88. The van der Waals surface area contributed by atoms with Crippen molar-refractivity contribution in [2.24, 2.45) is 0 Å². The molecule has 6 heteroatoms. The van der Waals surface area contributed by atoms with Crippen molar-refractivity contribution >= 4 is 17.9 Å². The van der Waals surface area contributed by atoms with Crippen LogP contribution in [0.4, 0.5) is 0 Å². The molecule has 6 nitrogen and oxygen atoms in total. The first kappa shape index (κ1) is 27.1. The number of hydrogen-bond acceptors (Lipinski definition) is 3. The summed E-state index contributed by atoms with van der Waals surface area (Å²) in [6.45, 7) is 0. The average Bonchev–Trinajstić information content (AvgIpc) is 3.01. The van der Waals surface area contributed by atoms with Crippen LogP contribution in [0.15, 0.2) is 103 Å². The van der Waals surface area contributed by atoms with Crippen LogP contribution in [0.25, 0.3) is 0 Å². The van der Waals surface area contributed by atoms with Crippen LogP contribution in [0.5, 0.6) is 0 Å². The third kappa shape index (κ3) is 4.19. The van der Waals surface area contributed by atoms with Gasteiger partial charge in [0, 0.05) is 0 Å². The number of benzene rings is 4. The van der Waals surface area contributed by atoms with Crippen LogP contribution >= 0.6 is 0 Å². The zero-order valence-corrected chi connectivity index (χ0v) is 23.6. The highest BCUT2D eigenvalue weighted by atomic mass is 16.4. The Bertz CT molecular complexity index is 1550. The van der Waals surface area contributed by atoms with Crippen LogP contribution in [-0.4, -0.2) is 33.2 Å². The van der Waals surface area contributed by atoms with Crippen LogP contribution < -0.4 is 0 Å². The third-order valence-corrected chi connectivity index (χ3v) is 10.7. The van der Waals surface area contributed by atoms with Gasteiger partial charge in [-0.15, -0.1) is 0 Å². The predicted octanol–water partition coefficient (Wildman–Crippen LogP) is 7.21. The fourth-order valence-corrected chi connectivity index (χ4v) is 9.55. The number of carbonyl (C=O) groups is 3. The summed E-state index contributed by atoms with van der Waals surface area (Å²) >= 11 is 0. The summed E-state index contributed by atoms with van der Waals surface area (Å²) in [5.41, 5.74) is 4.37. The Morgan fingerprint density at radius 2 is 0.605 bits per heavy atom. The SMILES string of the molecule is O=C(O)c1ccc(C23CC4(c5ccccc5)CC(c5ccc(C(=O)O)cc5)(C2)CC(c2ccc(C(=O)O)cc2)(C4)C3)cc1. The maximum Gasteiger partial charge on any atom is 0.335 e. The lowest BCUT2D eigenvalue weighted by Gasteiger charge is -2.71. The largest absolute Gasteiger partial charge is 0.478 e. The van der Waals surface area contributed by atoms with E-state index in [1.54, 1.807) is 36.4 Å². The molecule has 4 fully saturated rings. The Balaban J connectivity index is 1.48. The Kier molecular flexibility index (Phi) is 5.93. The second kappa shape index (κ2) is 9.40. The maximum absolute atomic E-state index is 11.7. The molecule has 0 aromatic heterocycles. The van der Waals surface area contributed by atoms with Gasteiger partial charge >= 0.3 is 17.9 Å². The highest BCUT2D eigenvalue weighted by Crippen LogP contribution is 2.74. The third-order valence-electron chi connectivity index (χ3n) is 10.7. The second-order valence-corrected chi connectivity index (χ2v) is 13.2. The van der Waals surface area contributed by atoms with Crippen LogP contribution in [0, 0.1) is 0 Å². The molecule has 0 heterocycles. The molecule has 43 heavy (non-hydrogen) atoms. The van der Waals surface area contributed by atoms with E-state index in [0.29, 0.717) is 0 Å². The minimum atomic E-state index is -0.956. The van der Waals surface area contributed by atoms with Crippen molar-refractivity contribution in [3.63, 3.8) is 0 Å². The molecular weight excluding hydrogens is 540 g/mol.